The van der Waals surface area contributed by atoms with E-state index < -0.39 is 0 Å². The van der Waals surface area contributed by atoms with Gasteiger partial charge in [0.1, 0.15) is 0 Å². The Morgan fingerprint density at radius 2 is 1.44 bits per heavy atom. The maximum Gasteiger partial charge on any atom is 0.164 e. The topological polar surface area (TPSA) is 17.1 Å². The van der Waals surface area contributed by atoms with Crippen molar-refractivity contribution in [1.29, 1.82) is 0 Å². The van der Waals surface area contributed by atoms with Gasteiger partial charge in [0, 0.05) is 17.2 Å². The van der Waals surface area contributed by atoms with Gasteiger partial charge in [0.15, 0.2) is 5.78 Å². The summed E-state index contributed by atoms with van der Waals surface area (Å²) >= 11 is 1.94. The molecule has 0 heterocycles. The maximum atomic E-state index is 12.6. The van der Waals surface area contributed by atoms with Gasteiger partial charge in [0.05, 0.1) is 0 Å². The Morgan fingerprint density at radius 3 is 2.12 bits per heavy atom. The molecule has 0 radical (unpaired) electrons. The minimum atomic E-state index is 0.241. The summed E-state index contributed by atoms with van der Waals surface area (Å²) in [7, 11) is 0. The van der Waals surface area contributed by atoms with Gasteiger partial charge < -0.3 is 0 Å². The van der Waals surface area contributed by atoms with Crippen molar-refractivity contribution in [1.82, 2.24) is 0 Å². The number of ketones is 1. The molecule has 0 aliphatic heterocycles. The summed E-state index contributed by atoms with van der Waals surface area (Å²) in [5.41, 5.74) is 2.09. The lowest BCUT2D eigenvalue weighted by atomic mass is 10.0. The van der Waals surface area contributed by atoms with E-state index in [0.717, 1.165) is 11.3 Å². The summed E-state index contributed by atoms with van der Waals surface area (Å²) in [6, 6.07) is 20.2. The second-order valence-electron chi connectivity index (χ2n) is 6.53. The lowest BCUT2D eigenvalue weighted by Gasteiger charge is -2.16. The van der Waals surface area contributed by atoms with Crippen LogP contribution in [0.4, 0.5) is 0 Å². The average molecular weight is 355 g/mol. The monoisotopic (exact) mass is 354 g/mol. The quantitative estimate of drug-likeness (QED) is 0.299. The maximum absolute atomic E-state index is 12.6. The average Bonchev–Trinajstić information content (AvgIpc) is 2.67. The first kappa shape index (κ1) is 19.8. The number of carbonyl (C=O) groups is 1. The van der Waals surface area contributed by atoms with Crippen LogP contribution in [0.5, 0.6) is 0 Å². The normalized spacial score (nSPS) is 12.0. The molecule has 0 amide bonds. The Labute approximate surface area is 157 Å². The van der Waals surface area contributed by atoms with E-state index in [4.69, 9.17) is 0 Å². The third kappa shape index (κ3) is 7.48. The third-order valence-corrected chi connectivity index (χ3v) is 5.82. The van der Waals surface area contributed by atoms with Crippen LogP contribution in [0.3, 0.4) is 0 Å². The number of thioether (sulfide) groups is 1. The van der Waals surface area contributed by atoms with Crippen LogP contribution in [0.15, 0.2) is 60.7 Å². The summed E-state index contributed by atoms with van der Waals surface area (Å²) in [4.78, 5) is 12.6. The summed E-state index contributed by atoms with van der Waals surface area (Å²) in [5, 5.41) is 0.254. The molecule has 0 bridgehead atoms. The smallest absolute Gasteiger partial charge is 0.164 e. The fraction of sp³-hybridized carbons (Fsp3) is 0.435. The molecule has 0 saturated heterocycles. The molecule has 0 aliphatic rings. The van der Waals surface area contributed by atoms with Crippen LogP contribution < -0.4 is 0 Å². The molecule has 0 saturated carbocycles. The van der Waals surface area contributed by atoms with Crippen LogP contribution in [-0.2, 0) is 0 Å². The number of benzene rings is 2. The SMILES string of the molecule is CCCCCCCCS[C@@H](CC(=O)c1ccccc1)c1ccccc1. The predicted molar refractivity (Wildman–Crippen MR) is 110 cm³/mol. The first-order chi connectivity index (χ1) is 12.3. The molecule has 0 N–H and O–H groups in total. The van der Waals surface area contributed by atoms with E-state index in [0.29, 0.717) is 6.42 Å². The van der Waals surface area contributed by atoms with Crippen molar-refractivity contribution >= 4 is 17.5 Å². The second-order valence-corrected chi connectivity index (χ2v) is 7.84. The van der Waals surface area contributed by atoms with E-state index in [1.807, 2.05) is 48.2 Å². The molecule has 25 heavy (non-hydrogen) atoms. The molecular weight excluding hydrogens is 324 g/mol. The summed E-state index contributed by atoms with van der Waals surface area (Å²) in [5.74, 6) is 1.37. The van der Waals surface area contributed by atoms with Crippen molar-refractivity contribution in [3.63, 3.8) is 0 Å². The zero-order valence-corrected chi connectivity index (χ0v) is 16.1. The molecule has 1 atom stereocenters. The van der Waals surface area contributed by atoms with E-state index in [2.05, 4.69) is 31.2 Å². The number of hydrogen-bond acceptors (Lipinski definition) is 2. The fourth-order valence-corrected chi connectivity index (χ4v) is 4.23. The minimum Gasteiger partial charge on any atom is -0.294 e. The number of rotatable bonds is 12. The highest BCUT2D eigenvalue weighted by molar-refractivity contribution is 7.99. The van der Waals surface area contributed by atoms with Crippen LogP contribution >= 0.6 is 11.8 Å². The highest BCUT2D eigenvalue weighted by atomic mass is 32.2. The molecule has 0 aliphatic carbocycles. The lowest BCUT2D eigenvalue weighted by Crippen LogP contribution is -2.06. The highest BCUT2D eigenvalue weighted by Gasteiger charge is 2.17. The van der Waals surface area contributed by atoms with E-state index >= 15 is 0 Å². The molecule has 0 fully saturated rings. The predicted octanol–water partition coefficient (Wildman–Crippen LogP) is 7.09. The van der Waals surface area contributed by atoms with Gasteiger partial charge >= 0.3 is 0 Å². The van der Waals surface area contributed by atoms with Crippen LogP contribution in [0.1, 0.15) is 73.0 Å². The number of hydrogen-bond donors (Lipinski definition) is 0. The Balaban J connectivity index is 1.87. The zero-order valence-electron chi connectivity index (χ0n) is 15.3. The number of unbranched alkanes of at least 4 members (excludes halogenated alkanes) is 5. The van der Waals surface area contributed by atoms with Crippen LogP contribution in [0, 0.1) is 0 Å². The molecule has 0 aromatic heterocycles. The van der Waals surface area contributed by atoms with Gasteiger partial charge in [0.2, 0.25) is 0 Å². The molecule has 0 unspecified atom stereocenters. The van der Waals surface area contributed by atoms with Gasteiger partial charge in [-0.05, 0) is 17.7 Å². The largest absolute Gasteiger partial charge is 0.294 e. The molecule has 2 aromatic carbocycles. The van der Waals surface area contributed by atoms with Crippen molar-refractivity contribution in [2.75, 3.05) is 5.75 Å². The first-order valence-electron chi connectivity index (χ1n) is 9.56. The van der Waals surface area contributed by atoms with Crippen LogP contribution in [-0.4, -0.2) is 11.5 Å². The number of Topliss-reactive ketones (excluding diaryl/α,β-unsaturated/α-hetero) is 1. The Kier molecular flexibility index (Phi) is 9.43. The molecule has 2 rings (SSSR count). The summed E-state index contributed by atoms with van der Waals surface area (Å²) in [6.45, 7) is 2.25. The number of carbonyl (C=O) groups excluding carboxylic acids is 1. The molecule has 2 heteroatoms. The van der Waals surface area contributed by atoms with Crippen molar-refractivity contribution < 1.29 is 4.79 Å². The molecule has 0 spiro atoms. The zero-order chi connectivity index (χ0) is 17.7. The van der Waals surface area contributed by atoms with E-state index in [1.54, 1.807) is 0 Å². The lowest BCUT2D eigenvalue weighted by molar-refractivity contribution is 0.0982. The van der Waals surface area contributed by atoms with Gasteiger partial charge in [-0.3, -0.25) is 4.79 Å². The van der Waals surface area contributed by atoms with Crippen molar-refractivity contribution in [3.05, 3.63) is 71.8 Å². The Morgan fingerprint density at radius 1 is 0.840 bits per heavy atom. The van der Waals surface area contributed by atoms with Crippen molar-refractivity contribution in [3.8, 4) is 0 Å². The second kappa shape index (κ2) is 11.9. The van der Waals surface area contributed by atoms with Crippen LogP contribution in [0.2, 0.25) is 0 Å². The highest BCUT2D eigenvalue weighted by Crippen LogP contribution is 2.34. The minimum absolute atomic E-state index is 0.241. The molecule has 134 valence electrons. The van der Waals surface area contributed by atoms with Crippen LogP contribution in [0.25, 0.3) is 0 Å². The van der Waals surface area contributed by atoms with E-state index in [-0.39, 0.29) is 11.0 Å². The van der Waals surface area contributed by atoms with Crippen molar-refractivity contribution in [2.24, 2.45) is 0 Å². The van der Waals surface area contributed by atoms with E-state index in [9.17, 15) is 4.79 Å². The van der Waals surface area contributed by atoms with Crippen molar-refractivity contribution in [2.45, 2.75) is 57.1 Å². The molecular formula is C23H30OS. The molecule has 2 aromatic rings. The Bertz CT molecular complexity index is 594. The standard InChI is InChI=1S/C23H30OS/c1-2-3-4-5-6-13-18-25-23(21-16-11-8-12-17-21)19-22(24)20-14-9-7-10-15-20/h7-12,14-17,23H,2-6,13,18-19H2,1H3/t23-/m0/s1. The third-order valence-electron chi connectivity index (χ3n) is 4.45. The first-order valence-corrected chi connectivity index (χ1v) is 10.6. The van der Waals surface area contributed by atoms with Gasteiger partial charge in [-0.1, -0.05) is 99.7 Å². The summed E-state index contributed by atoms with van der Waals surface area (Å²) < 4.78 is 0. The Hall–Kier alpha value is -1.54. The van der Waals surface area contributed by atoms with Gasteiger partial charge in [-0.15, -0.1) is 0 Å². The van der Waals surface area contributed by atoms with Gasteiger partial charge in [-0.2, -0.15) is 11.8 Å². The van der Waals surface area contributed by atoms with E-state index in [1.165, 1.54) is 44.1 Å². The van der Waals surface area contributed by atoms with Gasteiger partial charge in [-0.25, -0.2) is 0 Å². The van der Waals surface area contributed by atoms with Gasteiger partial charge in [0.25, 0.3) is 0 Å². The molecule has 1 nitrogen and oxygen atoms in total. The summed E-state index contributed by atoms with van der Waals surface area (Å²) in [6.07, 6.45) is 8.48. The fourth-order valence-electron chi connectivity index (χ4n) is 2.96.